The van der Waals surface area contributed by atoms with E-state index in [1.54, 1.807) is 37.3 Å². The molecule has 0 radical (unpaired) electrons. The summed E-state index contributed by atoms with van der Waals surface area (Å²) in [5.74, 6) is -0.0643. The molecular formula is C25H32N4O4. The maximum Gasteiger partial charge on any atom is 0.156 e. The zero-order chi connectivity index (χ0) is 23.3. The maximum absolute atomic E-state index is 10.5. The number of nitriles is 1. The average molecular weight is 453 g/mol. The molecule has 0 amide bonds. The third-order valence-electron chi connectivity index (χ3n) is 5.58. The molecule has 1 heterocycles. The summed E-state index contributed by atoms with van der Waals surface area (Å²) in [4.78, 5) is 2.10. The Morgan fingerprint density at radius 1 is 1.30 bits per heavy atom. The van der Waals surface area contributed by atoms with Gasteiger partial charge < -0.3 is 31.5 Å². The van der Waals surface area contributed by atoms with E-state index < -0.39 is 5.60 Å². The number of nitrogens with zero attached hydrogens (tertiary/aromatic N) is 2. The Balaban J connectivity index is 0.00000385. The quantitative estimate of drug-likeness (QED) is 0.278. The van der Waals surface area contributed by atoms with Crippen molar-refractivity contribution in [2.24, 2.45) is 5.73 Å². The van der Waals surface area contributed by atoms with Gasteiger partial charge in [0, 0.05) is 37.0 Å². The number of aliphatic hydroxyl groups is 2. The molecule has 2 aromatic rings. The van der Waals surface area contributed by atoms with E-state index in [2.05, 4.69) is 10.2 Å². The van der Waals surface area contributed by atoms with E-state index in [4.69, 9.17) is 11.0 Å². The molecule has 0 unspecified atom stereocenters. The molecule has 0 saturated carbocycles. The van der Waals surface area contributed by atoms with Crippen LogP contribution in [0.3, 0.4) is 0 Å². The van der Waals surface area contributed by atoms with Crippen molar-refractivity contribution in [1.82, 2.24) is 4.90 Å². The van der Waals surface area contributed by atoms with Gasteiger partial charge in [0.15, 0.2) is 5.75 Å². The van der Waals surface area contributed by atoms with Crippen molar-refractivity contribution in [3.05, 3.63) is 70.9 Å². The first-order valence-electron chi connectivity index (χ1n) is 10.3. The van der Waals surface area contributed by atoms with E-state index in [1.165, 1.54) is 12.3 Å². The zero-order valence-electron chi connectivity index (χ0n) is 17.9. The van der Waals surface area contributed by atoms with Crippen LogP contribution < -0.4 is 11.1 Å². The third-order valence-corrected chi connectivity index (χ3v) is 5.58. The molecule has 8 nitrogen and oxygen atoms in total. The van der Waals surface area contributed by atoms with Crippen LogP contribution in [-0.2, 0) is 6.54 Å². The Bertz CT molecular complexity index is 1090. The largest absolute Gasteiger partial charge is 0.508 e. The number of hydrogen-bond acceptors (Lipinski definition) is 8. The van der Waals surface area contributed by atoms with Gasteiger partial charge in [0.25, 0.3) is 0 Å². The van der Waals surface area contributed by atoms with Crippen LogP contribution in [0.2, 0.25) is 0 Å². The topological polar surface area (TPSA) is 146 Å². The molecule has 1 atom stereocenters. The van der Waals surface area contributed by atoms with E-state index in [0.29, 0.717) is 30.0 Å². The number of aromatic hydroxyl groups is 2. The molecule has 1 aliphatic rings. The normalized spacial score (nSPS) is 16.2. The second-order valence-corrected chi connectivity index (χ2v) is 8.06. The number of phenolic OH excluding ortho intramolecular Hbond substituents is 2. The molecule has 0 saturated heterocycles. The van der Waals surface area contributed by atoms with Gasteiger partial charge in [-0.3, -0.25) is 4.90 Å². The van der Waals surface area contributed by atoms with Gasteiger partial charge in [0.2, 0.25) is 0 Å². The Hall–Kier alpha value is -3.51. The van der Waals surface area contributed by atoms with E-state index in [-0.39, 0.29) is 31.1 Å². The lowest BCUT2D eigenvalue weighted by molar-refractivity contribution is 0.0247. The summed E-state index contributed by atoms with van der Waals surface area (Å²) in [5.41, 5.74) is 7.80. The van der Waals surface area contributed by atoms with Crippen LogP contribution in [0, 0.1) is 11.3 Å². The van der Waals surface area contributed by atoms with Crippen molar-refractivity contribution >= 4 is 11.4 Å². The molecule has 0 aliphatic carbocycles. The summed E-state index contributed by atoms with van der Waals surface area (Å²) in [5, 5.41) is 52.2. The second kappa shape index (κ2) is 10.9. The summed E-state index contributed by atoms with van der Waals surface area (Å²) in [7, 11) is 0. The van der Waals surface area contributed by atoms with Crippen molar-refractivity contribution < 1.29 is 20.4 Å². The third kappa shape index (κ3) is 6.05. The first-order valence-corrected chi connectivity index (χ1v) is 10.3. The fraction of sp³-hybridized carbons (Fsp3) is 0.320. The Kier molecular flexibility index (Phi) is 8.49. The van der Waals surface area contributed by atoms with Gasteiger partial charge in [-0.1, -0.05) is 31.7 Å². The Labute approximate surface area is 194 Å². The number of nitrogens with one attached hydrogen (secondary N) is 1. The van der Waals surface area contributed by atoms with Crippen molar-refractivity contribution in [2.45, 2.75) is 32.9 Å². The average Bonchev–Trinajstić information content (AvgIpc) is 2.79. The molecule has 0 spiro atoms. The number of phenols is 2. The lowest BCUT2D eigenvalue weighted by atomic mass is 9.92. The van der Waals surface area contributed by atoms with Crippen molar-refractivity contribution in [2.75, 3.05) is 25.0 Å². The minimum atomic E-state index is -1.25. The number of nitrogens with two attached hydrogens (primary N) is 1. The van der Waals surface area contributed by atoms with Crippen LogP contribution in [0.5, 0.6) is 11.5 Å². The molecule has 3 rings (SSSR count). The second-order valence-electron chi connectivity index (χ2n) is 8.06. The molecule has 7 N–H and O–H groups in total. The fourth-order valence-electron chi connectivity index (χ4n) is 3.54. The van der Waals surface area contributed by atoms with Crippen molar-refractivity contribution in [1.29, 1.82) is 5.26 Å². The summed E-state index contributed by atoms with van der Waals surface area (Å²) in [6.45, 7) is 3.02. The maximum atomic E-state index is 10.5. The monoisotopic (exact) mass is 452 g/mol. The van der Waals surface area contributed by atoms with E-state index in [0.717, 1.165) is 24.1 Å². The molecule has 0 fully saturated rings. The van der Waals surface area contributed by atoms with E-state index >= 15 is 0 Å². The Morgan fingerprint density at radius 3 is 2.73 bits per heavy atom. The predicted molar refractivity (Wildman–Crippen MR) is 129 cm³/mol. The number of hydrogen-bond donors (Lipinski definition) is 6. The summed E-state index contributed by atoms with van der Waals surface area (Å²) in [6, 6.07) is 11.8. The van der Waals surface area contributed by atoms with Crippen LogP contribution in [0.1, 0.15) is 37.5 Å². The summed E-state index contributed by atoms with van der Waals surface area (Å²) < 4.78 is 0. The summed E-state index contributed by atoms with van der Waals surface area (Å²) in [6.07, 6.45) is 4.20. The molecule has 0 aromatic heterocycles. The van der Waals surface area contributed by atoms with Crippen LogP contribution in [0.4, 0.5) is 5.69 Å². The van der Waals surface area contributed by atoms with Gasteiger partial charge >= 0.3 is 0 Å². The van der Waals surface area contributed by atoms with Gasteiger partial charge in [-0.2, -0.15) is 5.26 Å². The fourth-order valence-corrected chi connectivity index (χ4v) is 3.54. The van der Waals surface area contributed by atoms with Crippen LogP contribution >= 0.6 is 0 Å². The van der Waals surface area contributed by atoms with Crippen LogP contribution in [-0.4, -0.2) is 50.6 Å². The Morgan fingerprint density at radius 2 is 2.06 bits per heavy atom. The van der Waals surface area contributed by atoms with Gasteiger partial charge in [-0.05, 0) is 37.1 Å². The number of benzene rings is 2. The summed E-state index contributed by atoms with van der Waals surface area (Å²) >= 11 is 0. The standard InChI is InChI=1S/C24H28N4O4.CH4/c1-24(32,15-29)19-5-3-9-28(14-19)13-18-8-7-16(10-22(18)30)20(26)12-27-21-6-2-4-17(11-25)23(21)31;/h2,4-8,10,12,27,29-32H,3,9,13-15,26H2,1H3;1H4/b20-12-;/t24-;/m1./s1. The SMILES string of the molecule is C.C[C@@](O)(CO)C1=CCCN(Cc2ccc(/C(N)=C/Nc3cccc(C#N)c3O)cc2O)C1. The molecule has 1 aliphatic heterocycles. The number of anilines is 1. The minimum Gasteiger partial charge on any atom is -0.508 e. The molecule has 176 valence electrons. The van der Waals surface area contributed by atoms with E-state index in [1.807, 2.05) is 12.1 Å². The zero-order valence-corrected chi connectivity index (χ0v) is 17.9. The van der Waals surface area contributed by atoms with Crippen LogP contribution in [0.25, 0.3) is 5.70 Å². The molecule has 8 heteroatoms. The lowest BCUT2D eigenvalue weighted by Crippen LogP contribution is -2.40. The van der Waals surface area contributed by atoms with Crippen LogP contribution in [0.15, 0.2) is 54.2 Å². The molecular weight excluding hydrogens is 420 g/mol. The smallest absolute Gasteiger partial charge is 0.156 e. The van der Waals surface area contributed by atoms with E-state index in [9.17, 15) is 20.4 Å². The van der Waals surface area contributed by atoms with Crippen molar-refractivity contribution in [3.63, 3.8) is 0 Å². The highest BCUT2D eigenvalue weighted by Gasteiger charge is 2.28. The first kappa shape index (κ1) is 25.7. The van der Waals surface area contributed by atoms with Gasteiger partial charge in [-0.25, -0.2) is 0 Å². The minimum absolute atomic E-state index is 0. The first-order chi connectivity index (χ1) is 15.2. The predicted octanol–water partition coefficient (Wildman–Crippen LogP) is 2.85. The van der Waals surface area contributed by atoms with Crippen molar-refractivity contribution in [3.8, 4) is 17.6 Å². The molecule has 2 aromatic carbocycles. The number of aliphatic hydroxyl groups excluding tert-OH is 1. The van der Waals surface area contributed by atoms with Gasteiger partial charge in [0.1, 0.15) is 17.4 Å². The highest BCUT2D eigenvalue weighted by atomic mass is 16.3. The van der Waals surface area contributed by atoms with Gasteiger partial charge in [-0.15, -0.1) is 0 Å². The number of rotatable bonds is 7. The van der Waals surface area contributed by atoms with Gasteiger partial charge in [0.05, 0.1) is 23.6 Å². The number of para-hydroxylation sites is 1. The highest BCUT2D eigenvalue weighted by Crippen LogP contribution is 2.29. The highest BCUT2D eigenvalue weighted by molar-refractivity contribution is 5.70. The molecule has 33 heavy (non-hydrogen) atoms. The molecule has 0 bridgehead atoms. The lowest BCUT2D eigenvalue weighted by Gasteiger charge is -2.33.